The van der Waals surface area contributed by atoms with Crippen molar-refractivity contribution in [2.75, 3.05) is 32.9 Å². The van der Waals surface area contributed by atoms with Gasteiger partial charge in [-0.15, -0.1) is 0 Å². The van der Waals surface area contributed by atoms with Crippen LogP contribution in [0.1, 0.15) is 30.3 Å². The second-order valence-corrected chi connectivity index (χ2v) is 4.58. The molecule has 0 saturated heterocycles. The van der Waals surface area contributed by atoms with Gasteiger partial charge in [0.1, 0.15) is 5.69 Å². The van der Waals surface area contributed by atoms with Gasteiger partial charge >= 0.3 is 0 Å². The molecule has 0 radical (unpaired) electrons. The molecule has 0 atom stereocenters. The van der Waals surface area contributed by atoms with Crippen molar-refractivity contribution in [3.8, 4) is 0 Å². The molecule has 1 amide bonds. The average Bonchev–Trinajstić information content (AvgIpc) is 2.66. The third kappa shape index (κ3) is 4.03. The highest BCUT2D eigenvalue weighted by molar-refractivity contribution is 5.97. The van der Waals surface area contributed by atoms with Crippen LogP contribution in [0.3, 0.4) is 0 Å². The summed E-state index contributed by atoms with van der Waals surface area (Å²) in [5, 5.41) is 6.98. The summed E-state index contributed by atoms with van der Waals surface area (Å²) in [6, 6.07) is 0. The highest BCUT2D eigenvalue weighted by Gasteiger charge is 2.15. The van der Waals surface area contributed by atoms with Gasteiger partial charge < -0.3 is 16.0 Å². The van der Waals surface area contributed by atoms with Crippen LogP contribution >= 0.6 is 0 Å². The van der Waals surface area contributed by atoms with E-state index in [1.54, 1.807) is 4.68 Å². The average molecular weight is 253 g/mol. The molecule has 1 heterocycles. The fourth-order valence-electron chi connectivity index (χ4n) is 1.71. The van der Waals surface area contributed by atoms with Crippen LogP contribution in [0.25, 0.3) is 0 Å². The van der Waals surface area contributed by atoms with E-state index in [-0.39, 0.29) is 5.91 Å². The largest absolute Gasteiger partial charge is 0.396 e. The van der Waals surface area contributed by atoms with Crippen LogP contribution in [0, 0.1) is 0 Å². The maximum absolute atomic E-state index is 12.0. The number of rotatable bonds is 7. The van der Waals surface area contributed by atoms with Gasteiger partial charge in [0.25, 0.3) is 5.91 Å². The number of nitrogens with zero attached hydrogens (tertiary/aromatic N) is 3. The molecule has 0 fully saturated rings. The van der Waals surface area contributed by atoms with Gasteiger partial charge in [-0.25, -0.2) is 0 Å². The zero-order chi connectivity index (χ0) is 13.5. The van der Waals surface area contributed by atoms with E-state index < -0.39 is 0 Å². The molecule has 0 aliphatic carbocycles. The molecule has 1 aromatic rings. The first kappa shape index (κ1) is 14.5. The van der Waals surface area contributed by atoms with E-state index >= 15 is 0 Å². The Labute approximate surface area is 108 Å². The lowest BCUT2D eigenvalue weighted by Gasteiger charge is -2.11. The first-order valence-corrected chi connectivity index (χ1v) is 6.30. The van der Waals surface area contributed by atoms with Crippen molar-refractivity contribution in [1.82, 2.24) is 20.0 Å². The number of amides is 1. The Morgan fingerprint density at radius 1 is 1.56 bits per heavy atom. The van der Waals surface area contributed by atoms with Crippen molar-refractivity contribution < 1.29 is 4.79 Å². The molecule has 0 saturated carbocycles. The first-order chi connectivity index (χ1) is 8.56. The molecule has 0 aliphatic heterocycles. The summed E-state index contributed by atoms with van der Waals surface area (Å²) in [6.07, 6.45) is 3.37. The second kappa shape index (κ2) is 7.00. The van der Waals surface area contributed by atoms with Crippen LogP contribution in [0.2, 0.25) is 0 Å². The van der Waals surface area contributed by atoms with Gasteiger partial charge in [-0.3, -0.25) is 9.48 Å². The third-order valence-electron chi connectivity index (χ3n) is 2.59. The fourth-order valence-corrected chi connectivity index (χ4v) is 1.71. The van der Waals surface area contributed by atoms with Gasteiger partial charge in [0.2, 0.25) is 0 Å². The van der Waals surface area contributed by atoms with Gasteiger partial charge in [-0.2, -0.15) is 5.10 Å². The Morgan fingerprint density at radius 2 is 2.28 bits per heavy atom. The predicted molar refractivity (Wildman–Crippen MR) is 72.4 cm³/mol. The number of hydrogen-bond donors (Lipinski definition) is 2. The molecule has 6 nitrogen and oxygen atoms in total. The van der Waals surface area contributed by atoms with Crippen LogP contribution in [0.5, 0.6) is 0 Å². The van der Waals surface area contributed by atoms with Crippen molar-refractivity contribution in [1.29, 1.82) is 0 Å². The summed E-state index contributed by atoms with van der Waals surface area (Å²) in [7, 11) is 4.02. The van der Waals surface area contributed by atoms with E-state index in [0.29, 0.717) is 24.5 Å². The summed E-state index contributed by atoms with van der Waals surface area (Å²) in [4.78, 5) is 14.1. The van der Waals surface area contributed by atoms with Crippen LogP contribution in [-0.2, 0) is 6.54 Å². The molecule has 1 rings (SSSR count). The summed E-state index contributed by atoms with van der Waals surface area (Å²) >= 11 is 0. The molecule has 3 N–H and O–H groups in total. The number of carbonyl (C=O) groups excluding carboxylic acids is 1. The molecule has 0 spiro atoms. The van der Waals surface area contributed by atoms with Gasteiger partial charge in [-0.05, 0) is 33.5 Å². The lowest BCUT2D eigenvalue weighted by molar-refractivity contribution is 0.0942. The molecule has 6 heteroatoms. The minimum Gasteiger partial charge on any atom is -0.396 e. The summed E-state index contributed by atoms with van der Waals surface area (Å²) < 4.78 is 1.66. The second-order valence-electron chi connectivity index (χ2n) is 4.58. The summed E-state index contributed by atoms with van der Waals surface area (Å²) in [5.41, 5.74) is 6.68. The third-order valence-corrected chi connectivity index (χ3v) is 2.59. The van der Waals surface area contributed by atoms with Crippen molar-refractivity contribution in [2.24, 2.45) is 0 Å². The molecular weight excluding hydrogens is 230 g/mol. The van der Waals surface area contributed by atoms with Gasteiger partial charge in [-0.1, -0.05) is 6.92 Å². The summed E-state index contributed by atoms with van der Waals surface area (Å²) in [6.45, 7) is 4.34. The molecule has 0 bridgehead atoms. The van der Waals surface area contributed by atoms with Crippen molar-refractivity contribution in [3.05, 3.63) is 11.9 Å². The fraction of sp³-hybridized carbons (Fsp3) is 0.667. The van der Waals surface area contributed by atoms with Crippen LogP contribution in [0.15, 0.2) is 6.20 Å². The molecule has 102 valence electrons. The number of hydrogen-bond acceptors (Lipinski definition) is 4. The van der Waals surface area contributed by atoms with Crippen LogP contribution in [-0.4, -0.2) is 47.8 Å². The Morgan fingerprint density at radius 3 is 2.89 bits per heavy atom. The zero-order valence-corrected chi connectivity index (χ0v) is 11.4. The number of aromatic nitrogens is 2. The molecule has 1 aromatic heterocycles. The minimum absolute atomic E-state index is 0.141. The number of carbonyl (C=O) groups is 1. The summed E-state index contributed by atoms with van der Waals surface area (Å²) in [5.74, 6) is -0.141. The molecule has 0 aromatic carbocycles. The topological polar surface area (TPSA) is 76.2 Å². The quantitative estimate of drug-likeness (QED) is 0.696. The lowest BCUT2D eigenvalue weighted by atomic mass is 10.3. The van der Waals surface area contributed by atoms with Crippen molar-refractivity contribution >= 4 is 11.6 Å². The van der Waals surface area contributed by atoms with E-state index in [1.165, 1.54) is 6.20 Å². The zero-order valence-electron chi connectivity index (χ0n) is 11.4. The van der Waals surface area contributed by atoms with E-state index in [0.717, 1.165) is 19.4 Å². The number of nitrogens with two attached hydrogens (primary N) is 1. The first-order valence-electron chi connectivity index (χ1n) is 6.30. The lowest BCUT2D eigenvalue weighted by Crippen LogP contribution is -2.29. The van der Waals surface area contributed by atoms with E-state index in [1.807, 2.05) is 21.0 Å². The number of nitrogen functional groups attached to an aromatic ring is 1. The Bertz CT molecular complexity index is 386. The van der Waals surface area contributed by atoms with Crippen LogP contribution in [0.4, 0.5) is 5.69 Å². The highest BCUT2D eigenvalue weighted by atomic mass is 16.2. The molecular formula is C12H23N5O. The minimum atomic E-state index is -0.141. The SMILES string of the molecule is CCCn1ncc(N)c1C(=O)NCCCN(C)C. The number of anilines is 1. The number of nitrogens with one attached hydrogen (secondary N) is 1. The molecule has 0 unspecified atom stereocenters. The van der Waals surface area contributed by atoms with Gasteiger partial charge in [0, 0.05) is 13.1 Å². The van der Waals surface area contributed by atoms with Crippen molar-refractivity contribution in [2.45, 2.75) is 26.3 Å². The van der Waals surface area contributed by atoms with Gasteiger partial charge in [0.15, 0.2) is 0 Å². The normalized spacial score (nSPS) is 10.9. The predicted octanol–water partition coefficient (Wildman–Crippen LogP) is 0.557. The van der Waals surface area contributed by atoms with E-state index in [9.17, 15) is 4.79 Å². The number of aryl methyl sites for hydroxylation is 1. The van der Waals surface area contributed by atoms with Crippen LogP contribution < -0.4 is 11.1 Å². The maximum atomic E-state index is 12.0. The Kier molecular flexibility index (Phi) is 5.64. The monoisotopic (exact) mass is 253 g/mol. The molecule has 18 heavy (non-hydrogen) atoms. The Hall–Kier alpha value is -1.56. The highest BCUT2D eigenvalue weighted by Crippen LogP contribution is 2.10. The Balaban J connectivity index is 2.53. The van der Waals surface area contributed by atoms with E-state index in [2.05, 4.69) is 15.3 Å². The van der Waals surface area contributed by atoms with Gasteiger partial charge in [0.05, 0.1) is 11.9 Å². The van der Waals surface area contributed by atoms with E-state index in [4.69, 9.17) is 5.73 Å². The van der Waals surface area contributed by atoms with Crippen molar-refractivity contribution in [3.63, 3.8) is 0 Å². The molecule has 0 aliphatic rings. The smallest absolute Gasteiger partial charge is 0.271 e. The maximum Gasteiger partial charge on any atom is 0.271 e. The standard InChI is InChI=1S/C12H23N5O/c1-4-7-17-11(10(13)9-15-17)12(18)14-6-5-8-16(2)3/h9H,4-8,13H2,1-3H3,(H,14,18).